The van der Waals surface area contributed by atoms with Crippen LogP contribution in [0, 0.1) is 17.6 Å². The fourth-order valence-electron chi connectivity index (χ4n) is 2.48. The van der Waals surface area contributed by atoms with Crippen molar-refractivity contribution in [3.8, 4) is 5.75 Å². The normalized spacial score (nSPS) is 20.9. The summed E-state index contributed by atoms with van der Waals surface area (Å²) in [5.74, 6) is -0.609. The highest BCUT2D eigenvalue weighted by Crippen LogP contribution is 2.37. The third-order valence-electron chi connectivity index (χ3n) is 3.57. The summed E-state index contributed by atoms with van der Waals surface area (Å²) in [6.07, 6.45) is 0. The van der Waals surface area contributed by atoms with Crippen LogP contribution in [0.1, 0.15) is 18.5 Å². The van der Waals surface area contributed by atoms with Crippen LogP contribution in [0.4, 0.5) is 14.5 Å². The molecule has 2 nitrogen and oxygen atoms in total. The second-order valence-corrected chi connectivity index (χ2v) is 5.08. The van der Waals surface area contributed by atoms with E-state index in [4.69, 9.17) is 4.74 Å². The first-order valence-corrected chi connectivity index (χ1v) is 6.58. The predicted octanol–water partition coefficient (Wildman–Crippen LogP) is 4.15. The van der Waals surface area contributed by atoms with Gasteiger partial charge in [-0.3, -0.25) is 0 Å². The van der Waals surface area contributed by atoms with Gasteiger partial charge < -0.3 is 10.1 Å². The van der Waals surface area contributed by atoms with E-state index in [1.54, 1.807) is 6.07 Å². The van der Waals surface area contributed by atoms with Crippen molar-refractivity contribution in [2.24, 2.45) is 5.92 Å². The van der Waals surface area contributed by atoms with Crippen molar-refractivity contribution in [3.05, 3.63) is 59.7 Å². The molecule has 0 fully saturated rings. The quantitative estimate of drug-likeness (QED) is 0.889. The summed E-state index contributed by atoms with van der Waals surface area (Å²) in [6, 6.07) is 11.6. The molecule has 104 valence electrons. The zero-order chi connectivity index (χ0) is 14.1. The molecule has 0 radical (unpaired) electrons. The number of halogens is 2. The highest BCUT2D eigenvalue weighted by Gasteiger charge is 2.27. The van der Waals surface area contributed by atoms with Crippen molar-refractivity contribution >= 4 is 5.69 Å². The van der Waals surface area contributed by atoms with Crippen molar-refractivity contribution in [2.45, 2.75) is 13.0 Å². The largest absolute Gasteiger partial charge is 0.493 e. The molecule has 1 N–H and O–H groups in total. The van der Waals surface area contributed by atoms with Crippen LogP contribution >= 0.6 is 0 Å². The Kier molecular flexibility index (Phi) is 3.30. The number of anilines is 1. The van der Waals surface area contributed by atoms with Crippen LogP contribution in [0.15, 0.2) is 42.5 Å². The standard InChI is InChI=1S/C16H15F2NO/c1-10-9-20-15-5-3-2-4-12(15)16(10)19-11-6-7-13(17)14(18)8-11/h2-8,10,16,19H,9H2,1H3. The third kappa shape index (κ3) is 2.33. The maximum absolute atomic E-state index is 13.3. The first kappa shape index (κ1) is 12.9. The highest BCUT2D eigenvalue weighted by molar-refractivity contribution is 5.49. The van der Waals surface area contributed by atoms with Gasteiger partial charge in [0.2, 0.25) is 0 Å². The Balaban J connectivity index is 1.91. The first-order valence-electron chi connectivity index (χ1n) is 6.58. The molecular weight excluding hydrogens is 260 g/mol. The summed E-state index contributed by atoms with van der Waals surface area (Å²) in [4.78, 5) is 0. The molecule has 1 aliphatic heterocycles. The summed E-state index contributed by atoms with van der Waals surface area (Å²) < 4.78 is 31.9. The second kappa shape index (κ2) is 5.12. The predicted molar refractivity (Wildman–Crippen MR) is 73.8 cm³/mol. The first-order chi connectivity index (χ1) is 9.65. The molecule has 2 unspecified atom stereocenters. The Morgan fingerprint density at radius 3 is 2.70 bits per heavy atom. The van der Waals surface area contributed by atoms with E-state index in [1.807, 2.05) is 24.3 Å². The van der Waals surface area contributed by atoms with Gasteiger partial charge in [0.15, 0.2) is 11.6 Å². The minimum atomic E-state index is -0.844. The number of ether oxygens (including phenoxy) is 1. The number of hydrogen-bond donors (Lipinski definition) is 1. The molecule has 1 aliphatic rings. The Hall–Kier alpha value is -2.10. The van der Waals surface area contributed by atoms with Crippen LogP contribution in [-0.4, -0.2) is 6.61 Å². The summed E-state index contributed by atoms with van der Waals surface area (Å²) >= 11 is 0. The van der Waals surface area contributed by atoms with E-state index in [1.165, 1.54) is 6.07 Å². The zero-order valence-electron chi connectivity index (χ0n) is 11.1. The molecule has 2 aromatic carbocycles. The van der Waals surface area contributed by atoms with Crippen molar-refractivity contribution in [2.75, 3.05) is 11.9 Å². The molecule has 3 rings (SSSR count). The van der Waals surface area contributed by atoms with Gasteiger partial charge in [-0.15, -0.1) is 0 Å². The van der Waals surface area contributed by atoms with Gasteiger partial charge in [0.05, 0.1) is 12.6 Å². The number of para-hydroxylation sites is 1. The molecule has 0 aliphatic carbocycles. The van der Waals surface area contributed by atoms with E-state index in [9.17, 15) is 8.78 Å². The van der Waals surface area contributed by atoms with E-state index < -0.39 is 11.6 Å². The fraction of sp³-hybridized carbons (Fsp3) is 0.250. The molecule has 1 heterocycles. The summed E-state index contributed by atoms with van der Waals surface area (Å²) in [6.45, 7) is 2.66. The van der Waals surface area contributed by atoms with Crippen LogP contribution in [-0.2, 0) is 0 Å². The van der Waals surface area contributed by atoms with E-state index in [0.717, 1.165) is 17.4 Å². The monoisotopic (exact) mass is 275 g/mol. The zero-order valence-corrected chi connectivity index (χ0v) is 11.1. The topological polar surface area (TPSA) is 21.3 Å². The lowest BCUT2D eigenvalue weighted by atomic mass is 9.92. The van der Waals surface area contributed by atoms with E-state index >= 15 is 0 Å². The van der Waals surface area contributed by atoms with Crippen molar-refractivity contribution in [1.29, 1.82) is 0 Å². The Morgan fingerprint density at radius 2 is 1.90 bits per heavy atom. The smallest absolute Gasteiger partial charge is 0.160 e. The Labute approximate surface area is 116 Å². The maximum atomic E-state index is 13.3. The summed E-state index contributed by atoms with van der Waals surface area (Å²) in [5.41, 5.74) is 1.61. The minimum absolute atomic E-state index is 0.0183. The SMILES string of the molecule is CC1COc2ccccc2C1Nc1ccc(F)c(F)c1. The molecule has 0 amide bonds. The molecule has 4 heteroatoms. The van der Waals surface area contributed by atoms with Gasteiger partial charge in [0, 0.05) is 23.2 Å². The van der Waals surface area contributed by atoms with Crippen molar-refractivity contribution in [3.63, 3.8) is 0 Å². The highest BCUT2D eigenvalue weighted by atomic mass is 19.2. The number of nitrogens with one attached hydrogen (secondary N) is 1. The van der Waals surface area contributed by atoms with E-state index in [0.29, 0.717) is 12.3 Å². The Morgan fingerprint density at radius 1 is 1.10 bits per heavy atom. The van der Waals surface area contributed by atoms with Gasteiger partial charge in [0.1, 0.15) is 5.75 Å². The van der Waals surface area contributed by atoms with Crippen molar-refractivity contribution in [1.82, 2.24) is 0 Å². The molecule has 2 aromatic rings. The molecule has 0 saturated heterocycles. The van der Waals surface area contributed by atoms with Gasteiger partial charge in [-0.05, 0) is 18.2 Å². The molecule has 2 atom stereocenters. The average molecular weight is 275 g/mol. The molecule has 0 spiro atoms. The van der Waals surface area contributed by atoms with Crippen LogP contribution in [0.2, 0.25) is 0 Å². The van der Waals surface area contributed by atoms with Gasteiger partial charge in [-0.2, -0.15) is 0 Å². The van der Waals surface area contributed by atoms with Crippen molar-refractivity contribution < 1.29 is 13.5 Å². The summed E-state index contributed by atoms with van der Waals surface area (Å²) in [7, 11) is 0. The van der Waals surface area contributed by atoms with Gasteiger partial charge in [-0.1, -0.05) is 25.1 Å². The second-order valence-electron chi connectivity index (χ2n) is 5.08. The number of fused-ring (bicyclic) bond motifs is 1. The van der Waals surface area contributed by atoms with Crippen LogP contribution in [0.25, 0.3) is 0 Å². The number of benzene rings is 2. The molecular formula is C16H15F2NO. The molecule has 0 bridgehead atoms. The number of hydrogen-bond acceptors (Lipinski definition) is 2. The lowest BCUT2D eigenvalue weighted by molar-refractivity contribution is 0.214. The molecule has 0 aromatic heterocycles. The molecule has 20 heavy (non-hydrogen) atoms. The Bertz CT molecular complexity index is 630. The van der Waals surface area contributed by atoms with Gasteiger partial charge in [0.25, 0.3) is 0 Å². The van der Waals surface area contributed by atoms with E-state index in [2.05, 4.69) is 12.2 Å². The lowest BCUT2D eigenvalue weighted by Crippen LogP contribution is -2.28. The van der Waals surface area contributed by atoms with Crippen LogP contribution in [0.5, 0.6) is 5.75 Å². The van der Waals surface area contributed by atoms with Crippen LogP contribution in [0.3, 0.4) is 0 Å². The maximum Gasteiger partial charge on any atom is 0.160 e. The van der Waals surface area contributed by atoms with Crippen LogP contribution < -0.4 is 10.1 Å². The fourth-order valence-corrected chi connectivity index (χ4v) is 2.48. The summed E-state index contributed by atoms with van der Waals surface area (Å²) in [5, 5.41) is 3.27. The van der Waals surface area contributed by atoms with Gasteiger partial charge in [-0.25, -0.2) is 8.78 Å². The third-order valence-corrected chi connectivity index (χ3v) is 3.57. The molecule has 0 saturated carbocycles. The minimum Gasteiger partial charge on any atom is -0.493 e. The van der Waals surface area contributed by atoms with Gasteiger partial charge >= 0.3 is 0 Å². The number of rotatable bonds is 2. The lowest BCUT2D eigenvalue weighted by Gasteiger charge is -2.32. The van der Waals surface area contributed by atoms with E-state index in [-0.39, 0.29) is 12.0 Å². The average Bonchev–Trinajstić information content (AvgIpc) is 2.46.